The van der Waals surface area contributed by atoms with Crippen LogP contribution in [0.5, 0.6) is 0 Å². The number of carbonyl (C=O) groups excluding carboxylic acids is 2. The predicted octanol–water partition coefficient (Wildman–Crippen LogP) is 5.27. The second-order valence-corrected chi connectivity index (χ2v) is 7.81. The van der Waals surface area contributed by atoms with Crippen LogP contribution in [0.4, 0.5) is 5.69 Å². The third kappa shape index (κ3) is 5.04. The SMILES string of the molecule is CCOC(=O)c1ccc2c(c1)nc(SCC(=O)Nc1cc(Cl)ccc1Cl)n2CC. The summed E-state index contributed by atoms with van der Waals surface area (Å²) in [6.45, 7) is 4.75. The lowest BCUT2D eigenvalue weighted by atomic mass is 10.2. The number of hydrogen-bond acceptors (Lipinski definition) is 5. The van der Waals surface area contributed by atoms with Gasteiger partial charge >= 0.3 is 5.97 Å². The molecule has 0 aliphatic rings. The summed E-state index contributed by atoms with van der Waals surface area (Å²) in [4.78, 5) is 28.9. The van der Waals surface area contributed by atoms with Crippen molar-refractivity contribution >= 4 is 63.6 Å². The number of nitrogens with zero attached hydrogens (tertiary/aromatic N) is 2. The van der Waals surface area contributed by atoms with Gasteiger partial charge in [-0.05, 0) is 50.2 Å². The number of esters is 1. The van der Waals surface area contributed by atoms with E-state index in [0.29, 0.717) is 45.1 Å². The van der Waals surface area contributed by atoms with E-state index in [-0.39, 0.29) is 17.6 Å². The van der Waals surface area contributed by atoms with Crippen molar-refractivity contribution in [3.05, 3.63) is 52.0 Å². The summed E-state index contributed by atoms with van der Waals surface area (Å²) in [5.41, 5.74) is 2.48. The van der Waals surface area contributed by atoms with E-state index >= 15 is 0 Å². The maximum Gasteiger partial charge on any atom is 0.338 e. The van der Waals surface area contributed by atoms with Gasteiger partial charge in [-0.1, -0.05) is 35.0 Å². The number of thioether (sulfide) groups is 1. The molecule has 0 atom stereocenters. The van der Waals surface area contributed by atoms with Gasteiger partial charge in [0.25, 0.3) is 0 Å². The Labute approximate surface area is 182 Å². The first-order valence-corrected chi connectivity index (χ1v) is 10.7. The van der Waals surface area contributed by atoms with Crippen LogP contribution < -0.4 is 5.32 Å². The van der Waals surface area contributed by atoms with Crippen molar-refractivity contribution in [1.29, 1.82) is 0 Å². The van der Waals surface area contributed by atoms with Gasteiger partial charge in [0.1, 0.15) is 0 Å². The van der Waals surface area contributed by atoms with Crippen LogP contribution in [0.2, 0.25) is 10.0 Å². The molecular weight excluding hydrogens is 433 g/mol. The zero-order valence-electron chi connectivity index (χ0n) is 15.9. The zero-order valence-corrected chi connectivity index (χ0v) is 18.2. The lowest BCUT2D eigenvalue weighted by Gasteiger charge is -2.08. The summed E-state index contributed by atoms with van der Waals surface area (Å²) < 4.78 is 7.04. The Hall–Kier alpha value is -2.22. The van der Waals surface area contributed by atoms with Crippen molar-refractivity contribution in [2.24, 2.45) is 0 Å². The van der Waals surface area contributed by atoms with Gasteiger partial charge < -0.3 is 14.6 Å². The Morgan fingerprint density at radius 3 is 2.69 bits per heavy atom. The van der Waals surface area contributed by atoms with E-state index in [9.17, 15) is 9.59 Å². The number of imidazole rings is 1. The first kappa shape index (κ1) is 21.5. The van der Waals surface area contributed by atoms with Crippen molar-refractivity contribution in [3.63, 3.8) is 0 Å². The number of halogens is 2. The molecule has 6 nitrogen and oxygen atoms in total. The molecule has 0 unspecified atom stereocenters. The standard InChI is InChI=1S/C20H19Cl2N3O3S/c1-3-25-17-8-5-12(19(27)28-4-2)9-16(17)24-20(25)29-11-18(26)23-15-10-13(21)6-7-14(15)22/h5-10H,3-4,11H2,1-2H3,(H,23,26). The molecule has 2 aromatic carbocycles. The number of nitrogens with one attached hydrogen (secondary N) is 1. The summed E-state index contributed by atoms with van der Waals surface area (Å²) in [5, 5.41) is 4.35. The molecule has 1 heterocycles. The number of hydrogen-bond donors (Lipinski definition) is 1. The van der Waals surface area contributed by atoms with Crippen LogP contribution in [0.3, 0.4) is 0 Å². The highest BCUT2D eigenvalue weighted by Gasteiger charge is 2.15. The molecule has 0 radical (unpaired) electrons. The van der Waals surface area contributed by atoms with Crippen molar-refractivity contribution in [1.82, 2.24) is 9.55 Å². The maximum atomic E-state index is 12.3. The molecule has 3 aromatic rings. The largest absolute Gasteiger partial charge is 0.462 e. The van der Waals surface area contributed by atoms with E-state index in [1.54, 1.807) is 37.3 Å². The quantitative estimate of drug-likeness (QED) is 0.391. The molecule has 29 heavy (non-hydrogen) atoms. The molecule has 1 amide bonds. The highest BCUT2D eigenvalue weighted by Crippen LogP contribution is 2.27. The summed E-state index contributed by atoms with van der Waals surface area (Å²) in [7, 11) is 0. The van der Waals surface area contributed by atoms with Crippen LogP contribution in [0.15, 0.2) is 41.6 Å². The molecule has 1 aromatic heterocycles. The second kappa shape index (κ2) is 9.52. The number of carbonyl (C=O) groups is 2. The van der Waals surface area contributed by atoms with Gasteiger partial charge in [-0.3, -0.25) is 4.79 Å². The van der Waals surface area contributed by atoms with Crippen molar-refractivity contribution in [3.8, 4) is 0 Å². The van der Waals surface area contributed by atoms with Crippen LogP contribution in [0.1, 0.15) is 24.2 Å². The Morgan fingerprint density at radius 1 is 1.17 bits per heavy atom. The van der Waals surface area contributed by atoms with Crippen LogP contribution in [-0.2, 0) is 16.1 Å². The number of anilines is 1. The van der Waals surface area contributed by atoms with Gasteiger partial charge in [-0.15, -0.1) is 0 Å². The molecular formula is C20H19Cl2N3O3S. The predicted molar refractivity (Wildman–Crippen MR) is 117 cm³/mol. The topological polar surface area (TPSA) is 73.2 Å². The fourth-order valence-corrected chi connectivity index (χ4v) is 3.99. The van der Waals surface area contributed by atoms with Gasteiger partial charge in [0.2, 0.25) is 5.91 Å². The molecule has 9 heteroatoms. The average Bonchev–Trinajstić information content (AvgIpc) is 3.06. The van der Waals surface area contributed by atoms with Crippen LogP contribution in [-0.4, -0.2) is 33.8 Å². The third-order valence-corrected chi connectivity index (χ3v) is 5.62. The third-order valence-electron chi connectivity index (χ3n) is 4.08. The van der Waals surface area contributed by atoms with Gasteiger partial charge in [-0.25, -0.2) is 9.78 Å². The molecule has 0 fully saturated rings. The van der Waals surface area contributed by atoms with E-state index in [2.05, 4.69) is 10.3 Å². The fourth-order valence-electron chi connectivity index (χ4n) is 2.77. The molecule has 3 rings (SSSR count). The fraction of sp³-hybridized carbons (Fsp3) is 0.250. The minimum Gasteiger partial charge on any atom is -0.462 e. The summed E-state index contributed by atoms with van der Waals surface area (Å²) in [6.07, 6.45) is 0. The Bertz CT molecular complexity index is 1070. The van der Waals surface area contributed by atoms with E-state index < -0.39 is 0 Å². The first-order valence-electron chi connectivity index (χ1n) is 8.98. The van der Waals surface area contributed by atoms with Crippen molar-refractivity contribution in [2.45, 2.75) is 25.5 Å². The first-order chi connectivity index (χ1) is 13.9. The maximum absolute atomic E-state index is 12.3. The Kier molecular flexibility index (Phi) is 7.05. The molecule has 0 aliphatic carbocycles. The highest BCUT2D eigenvalue weighted by atomic mass is 35.5. The molecule has 0 saturated carbocycles. The number of benzene rings is 2. The number of amides is 1. The Balaban J connectivity index is 1.76. The average molecular weight is 452 g/mol. The molecule has 0 saturated heterocycles. The minimum absolute atomic E-state index is 0.150. The zero-order chi connectivity index (χ0) is 21.0. The van der Waals surface area contributed by atoms with Crippen LogP contribution >= 0.6 is 35.0 Å². The van der Waals surface area contributed by atoms with Crippen molar-refractivity contribution < 1.29 is 14.3 Å². The van der Waals surface area contributed by atoms with Crippen molar-refractivity contribution in [2.75, 3.05) is 17.7 Å². The lowest BCUT2D eigenvalue weighted by molar-refractivity contribution is -0.113. The van der Waals surface area contributed by atoms with E-state index in [1.807, 2.05) is 17.6 Å². The number of fused-ring (bicyclic) bond motifs is 1. The van der Waals surface area contributed by atoms with Gasteiger partial charge in [-0.2, -0.15) is 0 Å². The number of ether oxygens (including phenoxy) is 1. The minimum atomic E-state index is -0.382. The lowest BCUT2D eigenvalue weighted by Crippen LogP contribution is -2.15. The van der Waals surface area contributed by atoms with Gasteiger partial charge in [0.15, 0.2) is 5.16 Å². The highest BCUT2D eigenvalue weighted by molar-refractivity contribution is 7.99. The Morgan fingerprint density at radius 2 is 1.97 bits per heavy atom. The molecule has 0 spiro atoms. The molecule has 152 valence electrons. The van der Waals surface area contributed by atoms with E-state index in [4.69, 9.17) is 27.9 Å². The normalized spacial score (nSPS) is 10.9. The number of aromatic nitrogens is 2. The van der Waals surface area contributed by atoms with Gasteiger partial charge in [0, 0.05) is 11.6 Å². The molecule has 0 aliphatic heterocycles. The summed E-state index contributed by atoms with van der Waals surface area (Å²) in [5.74, 6) is -0.454. The molecule has 0 bridgehead atoms. The smallest absolute Gasteiger partial charge is 0.338 e. The van der Waals surface area contributed by atoms with Gasteiger partial charge in [0.05, 0.1) is 39.7 Å². The number of aryl methyl sites for hydroxylation is 1. The van der Waals surface area contributed by atoms with E-state index in [1.165, 1.54) is 11.8 Å². The second-order valence-electron chi connectivity index (χ2n) is 6.02. The van der Waals surface area contributed by atoms with Crippen LogP contribution in [0, 0.1) is 0 Å². The monoisotopic (exact) mass is 451 g/mol. The summed E-state index contributed by atoms with van der Waals surface area (Å²) >= 11 is 13.3. The van der Waals surface area contributed by atoms with E-state index in [0.717, 1.165) is 5.52 Å². The summed E-state index contributed by atoms with van der Waals surface area (Å²) in [6, 6.07) is 10.1. The molecule has 1 N–H and O–H groups in total. The number of rotatable bonds is 7. The van der Waals surface area contributed by atoms with Crippen LogP contribution in [0.25, 0.3) is 11.0 Å².